The van der Waals surface area contributed by atoms with Crippen LogP contribution in [0.15, 0.2) is 0 Å². The summed E-state index contributed by atoms with van der Waals surface area (Å²) in [5, 5.41) is 8.70. The summed E-state index contributed by atoms with van der Waals surface area (Å²) in [6.07, 6.45) is 0.186. The van der Waals surface area contributed by atoms with Crippen molar-refractivity contribution >= 4 is 6.09 Å². The number of carbonyl (C=O) groups excluding carboxylic acids is 1. The molecule has 0 saturated carbocycles. The van der Waals surface area contributed by atoms with E-state index in [0.29, 0.717) is 6.54 Å². The highest BCUT2D eigenvalue weighted by Gasteiger charge is 2.33. The monoisotopic (exact) mass is 247 g/mol. The van der Waals surface area contributed by atoms with Gasteiger partial charge in [0.05, 0.1) is 6.61 Å². The molecule has 1 heterocycles. The van der Waals surface area contributed by atoms with Crippen LogP contribution >= 0.6 is 0 Å². The van der Waals surface area contributed by atoms with Gasteiger partial charge in [-0.15, -0.1) is 0 Å². The number of nitrogens with zero attached hydrogens (tertiary/aromatic N) is 1. The largest absolute Gasteiger partial charge is 0.444 e. The Morgan fingerprint density at radius 3 is 2.76 bits per heavy atom. The Morgan fingerprint density at radius 2 is 2.24 bits per heavy atom. The van der Waals surface area contributed by atoms with Gasteiger partial charge in [0.15, 0.2) is 0 Å². The van der Waals surface area contributed by atoms with Crippen LogP contribution < -0.4 is 0 Å². The third kappa shape index (κ3) is 4.50. The SMILES string of the molecule is CC(C)(C)OC(=O)N1CCCC1CC(F)CO. The summed E-state index contributed by atoms with van der Waals surface area (Å²) in [6, 6.07) is -0.146. The summed E-state index contributed by atoms with van der Waals surface area (Å²) in [7, 11) is 0. The molecule has 17 heavy (non-hydrogen) atoms. The number of rotatable bonds is 3. The molecule has 100 valence electrons. The summed E-state index contributed by atoms with van der Waals surface area (Å²) < 4.78 is 18.4. The van der Waals surface area contributed by atoms with E-state index in [2.05, 4.69) is 0 Å². The maximum absolute atomic E-state index is 13.1. The minimum Gasteiger partial charge on any atom is -0.444 e. The molecule has 0 aromatic rings. The van der Waals surface area contributed by atoms with Gasteiger partial charge in [-0.2, -0.15) is 0 Å². The van der Waals surface area contributed by atoms with Crippen LogP contribution in [0.2, 0.25) is 0 Å². The molecular weight excluding hydrogens is 225 g/mol. The molecule has 1 saturated heterocycles. The number of halogens is 1. The summed E-state index contributed by atoms with van der Waals surface area (Å²) in [6.45, 7) is 5.54. The highest BCUT2D eigenvalue weighted by molar-refractivity contribution is 5.68. The number of carbonyl (C=O) groups is 1. The summed E-state index contributed by atoms with van der Waals surface area (Å²) >= 11 is 0. The first-order valence-electron chi connectivity index (χ1n) is 6.08. The number of aliphatic hydroxyl groups excluding tert-OH is 1. The van der Waals surface area contributed by atoms with E-state index in [-0.39, 0.29) is 18.6 Å². The average molecular weight is 247 g/mol. The zero-order chi connectivity index (χ0) is 13.1. The molecule has 0 aromatic heterocycles. The lowest BCUT2D eigenvalue weighted by atomic mass is 10.1. The molecular formula is C12H22FNO3. The van der Waals surface area contributed by atoms with E-state index in [1.807, 2.05) is 20.8 Å². The van der Waals surface area contributed by atoms with Crippen molar-refractivity contribution in [3.05, 3.63) is 0 Å². The van der Waals surface area contributed by atoms with Crippen LogP contribution in [-0.2, 0) is 4.74 Å². The van der Waals surface area contributed by atoms with Gasteiger partial charge in [0.1, 0.15) is 11.8 Å². The predicted molar refractivity (Wildman–Crippen MR) is 62.6 cm³/mol. The molecule has 1 fully saturated rings. The Morgan fingerprint density at radius 1 is 1.59 bits per heavy atom. The van der Waals surface area contributed by atoms with Crippen molar-refractivity contribution in [2.45, 2.75) is 57.8 Å². The molecule has 0 aliphatic carbocycles. The highest BCUT2D eigenvalue weighted by atomic mass is 19.1. The molecule has 0 spiro atoms. The van der Waals surface area contributed by atoms with E-state index in [4.69, 9.17) is 9.84 Å². The second kappa shape index (κ2) is 5.67. The van der Waals surface area contributed by atoms with Crippen LogP contribution in [0.4, 0.5) is 9.18 Å². The second-order valence-electron chi connectivity index (χ2n) is 5.49. The number of hydrogen-bond acceptors (Lipinski definition) is 3. The molecule has 1 rings (SSSR count). The number of likely N-dealkylation sites (tertiary alicyclic amines) is 1. The minimum absolute atomic E-state index is 0.146. The lowest BCUT2D eigenvalue weighted by Crippen LogP contribution is -2.41. The molecule has 2 atom stereocenters. The van der Waals surface area contributed by atoms with Gasteiger partial charge in [-0.05, 0) is 33.6 Å². The normalized spacial score (nSPS) is 22.6. The first-order chi connectivity index (χ1) is 7.83. The Bertz CT molecular complexity index is 265. The maximum atomic E-state index is 13.1. The Hall–Kier alpha value is -0.840. The fourth-order valence-corrected chi connectivity index (χ4v) is 2.01. The molecule has 0 bridgehead atoms. The van der Waals surface area contributed by atoms with Crippen LogP contribution in [0.1, 0.15) is 40.0 Å². The third-order valence-electron chi connectivity index (χ3n) is 2.73. The highest BCUT2D eigenvalue weighted by Crippen LogP contribution is 2.24. The van der Waals surface area contributed by atoms with Crippen LogP contribution in [-0.4, -0.2) is 47.1 Å². The van der Waals surface area contributed by atoms with Crippen molar-refractivity contribution in [1.82, 2.24) is 4.90 Å². The van der Waals surface area contributed by atoms with E-state index in [0.717, 1.165) is 12.8 Å². The van der Waals surface area contributed by atoms with Crippen molar-refractivity contribution in [3.8, 4) is 0 Å². The van der Waals surface area contributed by atoms with Crippen molar-refractivity contribution in [2.75, 3.05) is 13.2 Å². The molecule has 5 heteroatoms. The van der Waals surface area contributed by atoms with Crippen LogP contribution in [0.25, 0.3) is 0 Å². The molecule has 1 aliphatic rings. The Balaban J connectivity index is 2.54. The number of aliphatic hydroxyl groups is 1. The number of hydrogen-bond donors (Lipinski definition) is 1. The Labute approximate surface area is 102 Å². The lowest BCUT2D eigenvalue weighted by Gasteiger charge is -2.29. The Kier molecular flexibility index (Phi) is 4.74. The third-order valence-corrected chi connectivity index (χ3v) is 2.73. The molecule has 1 aliphatic heterocycles. The smallest absolute Gasteiger partial charge is 0.410 e. The quantitative estimate of drug-likeness (QED) is 0.831. The molecule has 1 amide bonds. The number of ether oxygens (including phenoxy) is 1. The minimum atomic E-state index is -1.26. The van der Waals surface area contributed by atoms with E-state index >= 15 is 0 Å². The summed E-state index contributed by atoms with van der Waals surface area (Å²) in [5.74, 6) is 0. The van der Waals surface area contributed by atoms with E-state index in [1.165, 1.54) is 0 Å². The van der Waals surface area contributed by atoms with Gasteiger partial charge in [-0.25, -0.2) is 9.18 Å². The standard InChI is InChI=1S/C12H22FNO3/c1-12(2,3)17-11(16)14-6-4-5-10(14)7-9(13)8-15/h9-10,15H,4-8H2,1-3H3. The molecule has 2 unspecified atom stereocenters. The van der Waals surface area contributed by atoms with Crippen molar-refractivity contribution in [1.29, 1.82) is 0 Å². The van der Waals surface area contributed by atoms with Crippen LogP contribution in [0, 0.1) is 0 Å². The average Bonchev–Trinajstić information content (AvgIpc) is 2.63. The van der Waals surface area contributed by atoms with Gasteiger partial charge in [0.2, 0.25) is 0 Å². The van der Waals surface area contributed by atoms with Crippen molar-refractivity contribution < 1.29 is 19.0 Å². The molecule has 1 N–H and O–H groups in total. The first-order valence-corrected chi connectivity index (χ1v) is 6.08. The zero-order valence-electron chi connectivity index (χ0n) is 10.8. The topological polar surface area (TPSA) is 49.8 Å². The van der Waals surface area contributed by atoms with E-state index < -0.39 is 18.4 Å². The van der Waals surface area contributed by atoms with E-state index in [9.17, 15) is 9.18 Å². The molecule has 0 aromatic carbocycles. The maximum Gasteiger partial charge on any atom is 0.410 e. The first kappa shape index (κ1) is 14.2. The lowest BCUT2D eigenvalue weighted by molar-refractivity contribution is 0.0190. The number of amides is 1. The zero-order valence-corrected chi connectivity index (χ0v) is 10.8. The van der Waals surface area contributed by atoms with Gasteiger partial charge in [-0.1, -0.05) is 0 Å². The van der Waals surface area contributed by atoms with Crippen LogP contribution in [0.5, 0.6) is 0 Å². The summed E-state index contributed by atoms with van der Waals surface area (Å²) in [5.41, 5.74) is -0.531. The van der Waals surface area contributed by atoms with Gasteiger partial charge in [0.25, 0.3) is 0 Å². The molecule has 0 radical (unpaired) electrons. The summed E-state index contributed by atoms with van der Waals surface area (Å²) in [4.78, 5) is 13.4. The predicted octanol–water partition coefficient (Wildman–Crippen LogP) is 2.11. The number of alkyl halides is 1. The fourth-order valence-electron chi connectivity index (χ4n) is 2.01. The van der Waals surface area contributed by atoms with Gasteiger partial charge in [0, 0.05) is 19.0 Å². The molecule has 4 nitrogen and oxygen atoms in total. The fraction of sp³-hybridized carbons (Fsp3) is 0.917. The van der Waals surface area contributed by atoms with Crippen LogP contribution in [0.3, 0.4) is 0 Å². The van der Waals surface area contributed by atoms with E-state index in [1.54, 1.807) is 4.90 Å². The second-order valence-corrected chi connectivity index (χ2v) is 5.49. The van der Waals surface area contributed by atoms with Crippen molar-refractivity contribution in [2.24, 2.45) is 0 Å². The van der Waals surface area contributed by atoms with Crippen molar-refractivity contribution in [3.63, 3.8) is 0 Å². The van der Waals surface area contributed by atoms with Gasteiger partial charge >= 0.3 is 6.09 Å². The van der Waals surface area contributed by atoms with Gasteiger partial charge in [-0.3, -0.25) is 0 Å². The van der Waals surface area contributed by atoms with Gasteiger partial charge < -0.3 is 14.7 Å².